The molecule has 12 nitrogen and oxygen atoms in total. The van der Waals surface area contributed by atoms with Gasteiger partial charge in [0.15, 0.2) is 0 Å². The first-order valence-corrected chi connectivity index (χ1v) is 9.81. The predicted molar refractivity (Wildman–Crippen MR) is 105 cm³/mol. The summed E-state index contributed by atoms with van der Waals surface area (Å²) >= 11 is 0. The molecule has 0 atom stereocenters. The zero-order chi connectivity index (χ0) is 21.2. The summed E-state index contributed by atoms with van der Waals surface area (Å²) in [5, 5.41) is 16.8. The minimum atomic E-state index is -0.250. The van der Waals surface area contributed by atoms with E-state index in [1.807, 2.05) is 4.90 Å². The molecule has 4 heterocycles. The molecule has 2 aliphatic heterocycles. The first kappa shape index (κ1) is 21.6. The highest BCUT2D eigenvalue weighted by atomic mass is 16.5. The Bertz CT molecular complexity index is 788. The second-order valence-electron chi connectivity index (χ2n) is 6.83. The fourth-order valence-corrected chi connectivity index (χ4v) is 3.55. The molecule has 162 valence electrons. The van der Waals surface area contributed by atoms with Crippen LogP contribution < -0.4 is 5.32 Å². The molecule has 0 radical (unpaired) electrons. The molecule has 0 saturated carbocycles. The molecule has 30 heavy (non-hydrogen) atoms. The van der Waals surface area contributed by atoms with Crippen LogP contribution in [0, 0.1) is 0 Å². The maximum atomic E-state index is 12.4. The number of ether oxygens (including phenoxy) is 1. The number of carbonyl (C=O) groups excluding carboxylic acids is 1. The van der Waals surface area contributed by atoms with Crippen LogP contribution in [0.4, 0.5) is 4.79 Å². The van der Waals surface area contributed by atoms with Gasteiger partial charge in [-0.2, -0.15) is 5.10 Å². The van der Waals surface area contributed by atoms with E-state index >= 15 is 0 Å². The van der Waals surface area contributed by atoms with Crippen LogP contribution in [0.2, 0.25) is 0 Å². The standard InChI is InChI=1S/C17H24N8O2.CH2O2/c26-17(25-5-1-13(2-6-25)24-7-9-27-10-8-24)20-12-15-21-16(23-22-15)14-11-18-3-4-19-14;2-1-3/h3-4,11,13H,1-2,5-10,12H2,(H,20,26)(H,21,22,23);1H,(H,2,3). The molecule has 2 aromatic heterocycles. The van der Waals surface area contributed by atoms with Gasteiger partial charge in [-0.05, 0) is 12.8 Å². The van der Waals surface area contributed by atoms with Gasteiger partial charge in [-0.15, -0.1) is 0 Å². The Morgan fingerprint density at radius 1 is 1.27 bits per heavy atom. The number of piperidine rings is 1. The average Bonchev–Trinajstić information content (AvgIpc) is 3.28. The molecular weight excluding hydrogens is 392 g/mol. The number of hydrogen-bond acceptors (Lipinski definition) is 8. The molecule has 2 amide bonds. The zero-order valence-electron chi connectivity index (χ0n) is 16.6. The van der Waals surface area contributed by atoms with Crippen molar-refractivity contribution in [2.45, 2.75) is 25.4 Å². The molecule has 2 fully saturated rings. The second-order valence-corrected chi connectivity index (χ2v) is 6.83. The normalized spacial score (nSPS) is 17.7. The zero-order valence-corrected chi connectivity index (χ0v) is 16.6. The molecule has 2 aromatic rings. The number of rotatable bonds is 4. The highest BCUT2D eigenvalue weighted by Gasteiger charge is 2.27. The molecule has 0 bridgehead atoms. The van der Waals surface area contributed by atoms with E-state index in [0.29, 0.717) is 29.9 Å². The van der Waals surface area contributed by atoms with E-state index in [9.17, 15) is 4.79 Å². The highest BCUT2D eigenvalue weighted by molar-refractivity contribution is 5.74. The minimum absolute atomic E-state index is 0.0621. The summed E-state index contributed by atoms with van der Waals surface area (Å²) in [6, 6.07) is 0.495. The first-order valence-electron chi connectivity index (χ1n) is 9.81. The lowest BCUT2D eigenvalue weighted by atomic mass is 10.0. The molecule has 0 unspecified atom stereocenters. The monoisotopic (exact) mass is 418 g/mol. The first-order chi connectivity index (χ1) is 14.7. The van der Waals surface area contributed by atoms with Crippen LogP contribution in [-0.4, -0.2) is 98.0 Å². The smallest absolute Gasteiger partial charge is 0.317 e. The maximum absolute atomic E-state index is 12.4. The van der Waals surface area contributed by atoms with Gasteiger partial charge in [0.05, 0.1) is 26.0 Å². The number of nitrogens with one attached hydrogen (secondary N) is 2. The molecule has 3 N–H and O–H groups in total. The van der Waals surface area contributed by atoms with Gasteiger partial charge in [-0.25, -0.2) is 14.8 Å². The summed E-state index contributed by atoms with van der Waals surface area (Å²) in [7, 11) is 0. The van der Waals surface area contributed by atoms with Gasteiger partial charge in [-0.1, -0.05) is 0 Å². The third-order valence-electron chi connectivity index (χ3n) is 5.04. The van der Waals surface area contributed by atoms with Gasteiger partial charge in [0.1, 0.15) is 11.5 Å². The Balaban J connectivity index is 0.000000806. The summed E-state index contributed by atoms with van der Waals surface area (Å²) in [6.45, 7) is 5.22. The van der Waals surface area contributed by atoms with Gasteiger partial charge in [0.25, 0.3) is 6.47 Å². The lowest BCUT2D eigenvalue weighted by Crippen LogP contribution is -2.51. The van der Waals surface area contributed by atoms with Crippen molar-refractivity contribution in [3.63, 3.8) is 0 Å². The Kier molecular flexibility index (Phi) is 8.03. The topological polar surface area (TPSA) is 149 Å². The summed E-state index contributed by atoms with van der Waals surface area (Å²) in [5.41, 5.74) is 0.594. The maximum Gasteiger partial charge on any atom is 0.317 e. The van der Waals surface area contributed by atoms with E-state index in [4.69, 9.17) is 14.6 Å². The number of morpholine rings is 1. The van der Waals surface area contributed by atoms with Gasteiger partial charge in [0, 0.05) is 44.6 Å². The van der Waals surface area contributed by atoms with Crippen LogP contribution in [-0.2, 0) is 16.1 Å². The SMILES string of the molecule is O=C(NCc1nc(-c2cnccn2)n[nH]1)N1CCC(N2CCOCC2)CC1.O=CO. The molecule has 12 heteroatoms. The van der Waals surface area contributed by atoms with E-state index in [1.54, 1.807) is 18.6 Å². The van der Waals surface area contributed by atoms with Crippen molar-refractivity contribution < 1.29 is 19.4 Å². The number of carboxylic acid groups (broad SMARTS) is 1. The quantitative estimate of drug-likeness (QED) is 0.582. The number of urea groups is 1. The Labute approximate surface area is 173 Å². The van der Waals surface area contributed by atoms with Crippen LogP contribution in [0.3, 0.4) is 0 Å². The number of H-pyrrole nitrogens is 1. The molecular formula is C18H26N8O4. The van der Waals surface area contributed by atoms with Crippen LogP contribution >= 0.6 is 0 Å². The highest BCUT2D eigenvalue weighted by Crippen LogP contribution is 2.18. The minimum Gasteiger partial charge on any atom is -0.483 e. The van der Waals surface area contributed by atoms with Gasteiger partial charge in [0.2, 0.25) is 5.82 Å². The predicted octanol–water partition coefficient (Wildman–Crippen LogP) is -0.0313. The van der Waals surface area contributed by atoms with Crippen molar-refractivity contribution in [1.29, 1.82) is 0 Å². The summed E-state index contributed by atoms with van der Waals surface area (Å²) < 4.78 is 5.42. The molecule has 0 spiro atoms. The van der Waals surface area contributed by atoms with Crippen LogP contribution in [0.25, 0.3) is 11.5 Å². The second kappa shape index (κ2) is 11.2. The summed E-state index contributed by atoms with van der Waals surface area (Å²) in [5.74, 6) is 1.06. The van der Waals surface area contributed by atoms with E-state index < -0.39 is 0 Å². The number of aromatic amines is 1. The fourth-order valence-electron chi connectivity index (χ4n) is 3.55. The number of amides is 2. The van der Waals surface area contributed by atoms with Gasteiger partial charge >= 0.3 is 6.03 Å². The molecule has 4 rings (SSSR count). The van der Waals surface area contributed by atoms with Crippen molar-refractivity contribution >= 4 is 12.5 Å². The Morgan fingerprint density at radius 2 is 2.00 bits per heavy atom. The Hall–Kier alpha value is -3.12. The van der Waals surface area contributed by atoms with Crippen LogP contribution in [0.15, 0.2) is 18.6 Å². The number of carbonyl (C=O) groups is 2. The third kappa shape index (κ3) is 5.94. The van der Waals surface area contributed by atoms with Crippen molar-refractivity contribution in [2.24, 2.45) is 0 Å². The van der Waals surface area contributed by atoms with Crippen LogP contribution in [0.5, 0.6) is 0 Å². The number of likely N-dealkylation sites (tertiary alicyclic amines) is 1. The molecule has 2 saturated heterocycles. The van der Waals surface area contributed by atoms with E-state index in [-0.39, 0.29) is 12.5 Å². The van der Waals surface area contributed by atoms with E-state index in [2.05, 4.69) is 35.4 Å². The van der Waals surface area contributed by atoms with Crippen molar-refractivity contribution in [3.8, 4) is 11.5 Å². The lowest BCUT2D eigenvalue weighted by molar-refractivity contribution is -0.122. The van der Waals surface area contributed by atoms with E-state index in [1.165, 1.54) is 0 Å². The number of nitrogens with zero attached hydrogens (tertiary/aromatic N) is 6. The van der Waals surface area contributed by atoms with Crippen molar-refractivity contribution in [3.05, 3.63) is 24.4 Å². The lowest BCUT2D eigenvalue weighted by Gasteiger charge is -2.40. The fraction of sp³-hybridized carbons (Fsp3) is 0.556. The van der Waals surface area contributed by atoms with Crippen LogP contribution in [0.1, 0.15) is 18.7 Å². The van der Waals surface area contributed by atoms with Crippen molar-refractivity contribution in [2.75, 3.05) is 39.4 Å². The average molecular weight is 418 g/mol. The summed E-state index contributed by atoms with van der Waals surface area (Å²) in [4.78, 5) is 37.7. The van der Waals surface area contributed by atoms with Gasteiger partial charge in [-0.3, -0.25) is 19.8 Å². The number of aromatic nitrogens is 5. The molecule has 0 aliphatic carbocycles. The summed E-state index contributed by atoms with van der Waals surface area (Å²) in [6.07, 6.45) is 6.80. The molecule has 2 aliphatic rings. The van der Waals surface area contributed by atoms with Gasteiger partial charge < -0.3 is 20.1 Å². The number of hydrogen-bond donors (Lipinski definition) is 3. The van der Waals surface area contributed by atoms with Crippen molar-refractivity contribution in [1.82, 2.24) is 40.3 Å². The Morgan fingerprint density at radius 3 is 2.67 bits per heavy atom. The van der Waals surface area contributed by atoms with E-state index in [0.717, 1.165) is 52.2 Å². The largest absolute Gasteiger partial charge is 0.483 e. The molecule has 0 aromatic carbocycles. The third-order valence-corrected chi connectivity index (χ3v) is 5.04.